The molecule has 1 aromatic rings. The summed E-state index contributed by atoms with van der Waals surface area (Å²) in [4.78, 5) is 0. The van der Waals surface area contributed by atoms with Crippen molar-refractivity contribution in [2.45, 2.75) is 25.6 Å². The second-order valence-corrected chi connectivity index (χ2v) is 5.07. The van der Waals surface area contributed by atoms with E-state index in [0.29, 0.717) is 17.5 Å². The van der Waals surface area contributed by atoms with E-state index >= 15 is 0 Å². The van der Waals surface area contributed by atoms with Crippen molar-refractivity contribution in [1.82, 2.24) is 5.32 Å². The average Bonchev–Trinajstić information content (AvgIpc) is 2.31. The van der Waals surface area contributed by atoms with Crippen molar-refractivity contribution in [3.63, 3.8) is 0 Å². The third-order valence-electron chi connectivity index (χ3n) is 2.71. The first kappa shape index (κ1) is 16.5. The predicted octanol–water partition coefficient (Wildman–Crippen LogP) is 3.63. The van der Waals surface area contributed by atoms with Crippen LogP contribution < -0.4 is 5.32 Å². The molecule has 1 N–H and O–H groups in total. The van der Waals surface area contributed by atoms with Crippen molar-refractivity contribution in [1.29, 1.82) is 0 Å². The Balaban J connectivity index is 2.84. The van der Waals surface area contributed by atoms with Gasteiger partial charge in [0.05, 0.1) is 12.2 Å². The van der Waals surface area contributed by atoms with E-state index in [4.69, 9.17) is 4.74 Å². The fourth-order valence-electron chi connectivity index (χ4n) is 1.83. The second kappa shape index (κ2) is 7.26. The lowest BCUT2D eigenvalue weighted by molar-refractivity contribution is -0.137. The van der Waals surface area contributed by atoms with Crippen molar-refractivity contribution >= 4 is 15.9 Å². The minimum atomic E-state index is -4.31. The van der Waals surface area contributed by atoms with Crippen LogP contribution in [0.4, 0.5) is 13.2 Å². The first-order valence-corrected chi connectivity index (χ1v) is 6.75. The number of halogens is 4. The summed E-state index contributed by atoms with van der Waals surface area (Å²) < 4.78 is 43.2. The molecule has 0 aliphatic rings. The smallest absolute Gasteiger partial charge is 0.383 e. The van der Waals surface area contributed by atoms with Gasteiger partial charge in [-0.3, -0.25) is 0 Å². The molecule has 0 aliphatic heterocycles. The largest absolute Gasteiger partial charge is 0.416 e. The summed E-state index contributed by atoms with van der Waals surface area (Å²) in [6, 6.07) is 3.82. The third-order valence-corrected chi connectivity index (χ3v) is 3.45. The monoisotopic (exact) mass is 339 g/mol. The molecule has 0 aromatic heterocycles. The lowest BCUT2D eigenvalue weighted by Gasteiger charge is -2.18. The van der Waals surface area contributed by atoms with Crippen LogP contribution >= 0.6 is 15.9 Å². The Morgan fingerprint density at radius 1 is 1.37 bits per heavy atom. The normalized spacial score (nSPS) is 13.6. The Hall–Kier alpha value is -0.590. The van der Waals surface area contributed by atoms with Gasteiger partial charge < -0.3 is 10.1 Å². The second-order valence-electron chi connectivity index (χ2n) is 4.22. The maximum Gasteiger partial charge on any atom is 0.416 e. The van der Waals surface area contributed by atoms with E-state index in [1.54, 1.807) is 7.11 Å². The Kier molecular flexibility index (Phi) is 6.29. The lowest BCUT2D eigenvalue weighted by Crippen LogP contribution is -2.35. The number of likely N-dealkylation sites (N-methyl/N-ethyl adjacent to an activating group) is 1. The van der Waals surface area contributed by atoms with Crippen LogP contribution in [-0.2, 0) is 17.3 Å². The highest BCUT2D eigenvalue weighted by atomic mass is 79.9. The highest BCUT2D eigenvalue weighted by molar-refractivity contribution is 9.10. The minimum Gasteiger partial charge on any atom is -0.383 e. The van der Waals surface area contributed by atoms with Gasteiger partial charge >= 0.3 is 6.18 Å². The molecule has 0 spiro atoms. The highest BCUT2D eigenvalue weighted by Crippen LogP contribution is 2.32. The molecule has 6 heteroatoms. The van der Waals surface area contributed by atoms with Crippen LogP contribution in [0.3, 0.4) is 0 Å². The Morgan fingerprint density at radius 2 is 2.05 bits per heavy atom. The number of rotatable bonds is 6. The van der Waals surface area contributed by atoms with E-state index in [0.717, 1.165) is 24.2 Å². The molecule has 0 bridgehead atoms. The first-order valence-electron chi connectivity index (χ1n) is 5.96. The van der Waals surface area contributed by atoms with Gasteiger partial charge in [-0.2, -0.15) is 13.2 Å². The van der Waals surface area contributed by atoms with Gasteiger partial charge in [-0.25, -0.2) is 0 Å². The highest BCUT2D eigenvalue weighted by Gasteiger charge is 2.30. The molecule has 0 amide bonds. The summed E-state index contributed by atoms with van der Waals surface area (Å²) in [6.07, 6.45) is -3.70. The summed E-state index contributed by atoms with van der Waals surface area (Å²) >= 11 is 3.20. The average molecular weight is 340 g/mol. The van der Waals surface area contributed by atoms with Crippen molar-refractivity contribution in [2.75, 3.05) is 20.3 Å². The van der Waals surface area contributed by atoms with Crippen molar-refractivity contribution < 1.29 is 17.9 Å². The van der Waals surface area contributed by atoms with Crippen LogP contribution in [0.15, 0.2) is 22.7 Å². The van der Waals surface area contributed by atoms with Crippen LogP contribution in [-0.4, -0.2) is 26.3 Å². The number of nitrogens with one attached hydrogen (secondary N) is 1. The molecule has 0 radical (unpaired) electrons. The van der Waals surface area contributed by atoms with E-state index < -0.39 is 11.7 Å². The molecule has 0 saturated carbocycles. The fourth-order valence-corrected chi connectivity index (χ4v) is 2.38. The van der Waals surface area contributed by atoms with Gasteiger partial charge in [-0.05, 0) is 30.7 Å². The molecule has 1 aromatic carbocycles. The van der Waals surface area contributed by atoms with E-state index in [1.165, 1.54) is 6.07 Å². The van der Waals surface area contributed by atoms with E-state index in [2.05, 4.69) is 21.2 Å². The van der Waals surface area contributed by atoms with Crippen LogP contribution in [0.2, 0.25) is 0 Å². The van der Waals surface area contributed by atoms with Crippen LogP contribution in [0.25, 0.3) is 0 Å². The standard InChI is InChI=1S/C13H17BrF3NO/c1-3-18-11(8-19-2)6-9-4-5-10(7-12(9)14)13(15,16)17/h4-5,7,11,18H,3,6,8H2,1-2H3. The van der Waals surface area contributed by atoms with Gasteiger partial charge in [-0.1, -0.05) is 28.9 Å². The molecule has 0 fully saturated rings. The fraction of sp³-hybridized carbons (Fsp3) is 0.538. The van der Waals surface area contributed by atoms with E-state index in [-0.39, 0.29) is 6.04 Å². The number of hydrogen-bond donors (Lipinski definition) is 1. The number of benzene rings is 1. The van der Waals surface area contributed by atoms with Crippen molar-refractivity contribution in [3.8, 4) is 0 Å². The van der Waals surface area contributed by atoms with E-state index in [1.807, 2.05) is 6.92 Å². The van der Waals surface area contributed by atoms with Crippen LogP contribution in [0.1, 0.15) is 18.1 Å². The summed E-state index contributed by atoms with van der Waals surface area (Å²) in [7, 11) is 1.60. The van der Waals surface area contributed by atoms with Gasteiger partial charge in [0.2, 0.25) is 0 Å². The predicted molar refractivity (Wildman–Crippen MR) is 72.2 cm³/mol. The Bertz CT molecular complexity index is 403. The molecular formula is C13H17BrF3NO. The molecule has 1 rings (SSSR count). The van der Waals surface area contributed by atoms with Gasteiger partial charge in [-0.15, -0.1) is 0 Å². The Morgan fingerprint density at radius 3 is 2.53 bits per heavy atom. The first-order chi connectivity index (χ1) is 8.88. The quantitative estimate of drug-likeness (QED) is 0.854. The lowest BCUT2D eigenvalue weighted by atomic mass is 10.0. The van der Waals surface area contributed by atoms with Crippen LogP contribution in [0.5, 0.6) is 0 Å². The van der Waals surface area contributed by atoms with Gasteiger partial charge in [0.25, 0.3) is 0 Å². The number of hydrogen-bond acceptors (Lipinski definition) is 2. The summed E-state index contributed by atoms with van der Waals surface area (Å²) in [5.41, 5.74) is 0.186. The zero-order valence-corrected chi connectivity index (χ0v) is 12.4. The van der Waals surface area contributed by atoms with E-state index in [9.17, 15) is 13.2 Å². The molecule has 0 saturated heterocycles. The molecule has 19 heavy (non-hydrogen) atoms. The van der Waals surface area contributed by atoms with Crippen molar-refractivity contribution in [3.05, 3.63) is 33.8 Å². The summed E-state index contributed by atoms with van der Waals surface area (Å²) in [5, 5.41) is 3.24. The third kappa shape index (κ3) is 5.12. The zero-order valence-electron chi connectivity index (χ0n) is 10.9. The van der Waals surface area contributed by atoms with Crippen LogP contribution in [0, 0.1) is 0 Å². The molecule has 1 atom stereocenters. The van der Waals surface area contributed by atoms with Gasteiger partial charge in [0, 0.05) is 17.6 Å². The topological polar surface area (TPSA) is 21.3 Å². The number of methoxy groups -OCH3 is 1. The SMILES string of the molecule is CCNC(COC)Cc1ccc(C(F)(F)F)cc1Br. The molecule has 2 nitrogen and oxygen atoms in total. The zero-order chi connectivity index (χ0) is 14.5. The Labute approximate surface area is 119 Å². The maximum atomic E-state index is 12.6. The molecule has 0 aliphatic carbocycles. The molecular weight excluding hydrogens is 323 g/mol. The molecule has 1 unspecified atom stereocenters. The maximum absolute atomic E-state index is 12.6. The molecule has 0 heterocycles. The summed E-state index contributed by atoms with van der Waals surface area (Å²) in [6.45, 7) is 3.28. The number of ether oxygens (including phenoxy) is 1. The van der Waals surface area contributed by atoms with Crippen molar-refractivity contribution in [2.24, 2.45) is 0 Å². The van der Waals surface area contributed by atoms with Gasteiger partial charge in [0.1, 0.15) is 0 Å². The van der Waals surface area contributed by atoms with Gasteiger partial charge in [0.15, 0.2) is 0 Å². The summed E-state index contributed by atoms with van der Waals surface area (Å²) in [5.74, 6) is 0. The molecule has 108 valence electrons. The minimum absolute atomic E-state index is 0.0861. The number of alkyl halides is 3.